The van der Waals surface area contributed by atoms with Gasteiger partial charge in [-0.05, 0) is 43.3 Å². The van der Waals surface area contributed by atoms with Crippen molar-refractivity contribution in [2.24, 2.45) is 0 Å². The highest BCUT2D eigenvalue weighted by molar-refractivity contribution is 7.80. The third kappa shape index (κ3) is 5.48. The second-order valence-electron chi connectivity index (χ2n) is 8.30. The number of rotatable bonds is 5. The van der Waals surface area contributed by atoms with Crippen LogP contribution in [-0.2, 0) is 18.9 Å². The minimum absolute atomic E-state index is 0.182. The molecule has 3 fully saturated rings. The predicted molar refractivity (Wildman–Crippen MR) is 121 cm³/mol. The number of hydrogen-bond donors (Lipinski definition) is 3. The Balaban J connectivity index is 1.26. The second-order valence-corrected chi connectivity index (χ2v) is 8.70. The number of alkyl carbamates (subject to hydrolysis) is 1. The van der Waals surface area contributed by atoms with E-state index in [1.807, 2.05) is 0 Å². The number of esters is 1. The first-order chi connectivity index (χ1) is 15.5. The summed E-state index contributed by atoms with van der Waals surface area (Å²) < 4.78 is 22.1. The molecule has 0 aromatic heterocycles. The maximum atomic E-state index is 12.3. The number of carbonyl (C=O) groups excluding carboxylic acids is 2. The number of anilines is 1. The molecule has 3 N–H and O–H groups in total. The number of hydrogen-bond acceptors (Lipinski definition) is 7. The minimum atomic E-state index is -0.450. The van der Waals surface area contributed by atoms with Crippen molar-refractivity contribution in [3.63, 3.8) is 0 Å². The van der Waals surface area contributed by atoms with Gasteiger partial charge in [0, 0.05) is 11.7 Å². The van der Waals surface area contributed by atoms with Gasteiger partial charge in [0.25, 0.3) is 0 Å². The maximum Gasteiger partial charge on any atom is 0.407 e. The molecule has 1 aliphatic carbocycles. The number of amides is 1. The number of ether oxygens (including phenoxy) is 4. The molecule has 174 valence electrons. The van der Waals surface area contributed by atoms with Gasteiger partial charge in [0.2, 0.25) is 0 Å². The van der Waals surface area contributed by atoms with Gasteiger partial charge in [0.1, 0.15) is 12.2 Å². The van der Waals surface area contributed by atoms with Crippen molar-refractivity contribution in [2.75, 3.05) is 25.6 Å². The molecule has 2 saturated heterocycles. The van der Waals surface area contributed by atoms with Crippen molar-refractivity contribution >= 4 is 35.1 Å². The van der Waals surface area contributed by atoms with Crippen LogP contribution in [0.2, 0.25) is 0 Å². The van der Waals surface area contributed by atoms with E-state index in [0.717, 1.165) is 25.7 Å². The predicted octanol–water partition coefficient (Wildman–Crippen LogP) is 2.35. The van der Waals surface area contributed by atoms with Crippen molar-refractivity contribution in [3.8, 4) is 0 Å². The second kappa shape index (κ2) is 10.5. The van der Waals surface area contributed by atoms with E-state index in [9.17, 15) is 9.59 Å². The van der Waals surface area contributed by atoms with Gasteiger partial charge >= 0.3 is 12.1 Å². The van der Waals surface area contributed by atoms with E-state index in [2.05, 4.69) is 16.0 Å². The molecule has 2 heterocycles. The Morgan fingerprint density at radius 1 is 1.06 bits per heavy atom. The summed E-state index contributed by atoms with van der Waals surface area (Å²) in [5.74, 6) is -0.419. The lowest BCUT2D eigenvalue weighted by Gasteiger charge is -2.24. The molecule has 32 heavy (non-hydrogen) atoms. The topological polar surface area (TPSA) is 107 Å². The van der Waals surface area contributed by atoms with E-state index in [-0.39, 0.29) is 30.9 Å². The molecule has 4 unspecified atom stereocenters. The monoisotopic (exact) mass is 463 g/mol. The molecule has 9 nitrogen and oxygen atoms in total. The van der Waals surface area contributed by atoms with E-state index < -0.39 is 18.2 Å². The lowest BCUT2D eigenvalue weighted by molar-refractivity contribution is 0.00277. The van der Waals surface area contributed by atoms with Crippen LogP contribution in [0.3, 0.4) is 0 Å². The average Bonchev–Trinajstić information content (AvgIpc) is 3.37. The molecule has 0 spiro atoms. The Morgan fingerprint density at radius 2 is 1.84 bits per heavy atom. The molecular weight excluding hydrogens is 434 g/mol. The molecule has 1 saturated carbocycles. The first kappa shape index (κ1) is 22.8. The van der Waals surface area contributed by atoms with Gasteiger partial charge in [-0.3, -0.25) is 0 Å². The summed E-state index contributed by atoms with van der Waals surface area (Å²) >= 11 is 5.42. The molecule has 1 aromatic rings. The lowest BCUT2D eigenvalue weighted by atomic mass is 9.96. The van der Waals surface area contributed by atoms with Crippen LogP contribution in [0.4, 0.5) is 10.5 Å². The fourth-order valence-corrected chi connectivity index (χ4v) is 4.72. The summed E-state index contributed by atoms with van der Waals surface area (Å²) in [7, 11) is 1.34. The van der Waals surface area contributed by atoms with Crippen LogP contribution in [0.5, 0.6) is 0 Å². The van der Waals surface area contributed by atoms with Gasteiger partial charge in [-0.2, -0.15) is 0 Å². The first-order valence-electron chi connectivity index (χ1n) is 11.0. The van der Waals surface area contributed by atoms with Crippen molar-refractivity contribution in [1.29, 1.82) is 0 Å². The van der Waals surface area contributed by atoms with E-state index in [1.165, 1.54) is 13.5 Å². The number of carbonyl (C=O) groups is 2. The molecular formula is C22H29N3O6S. The highest BCUT2D eigenvalue weighted by Crippen LogP contribution is 2.29. The van der Waals surface area contributed by atoms with E-state index in [0.29, 0.717) is 23.0 Å². The average molecular weight is 464 g/mol. The van der Waals surface area contributed by atoms with Crippen molar-refractivity contribution in [2.45, 2.75) is 62.5 Å². The third-order valence-corrected chi connectivity index (χ3v) is 6.27. The maximum absolute atomic E-state index is 12.3. The summed E-state index contributed by atoms with van der Waals surface area (Å²) in [5.41, 5.74) is 1.09. The number of methoxy groups -OCH3 is 1. The van der Waals surface area contributed by atoms with E-state index in [4.69, 9.17) is 31.2 Å². The van der Waals surface area contributed by atoms with Crippen LogP contribution in [0.25, 0.3) is 0 Å². The Morgan fingerprint density at radius 3 is 2.62 bits per heavy atom. The molecule has 3 aliphatic rings. The molecule has 4 rings (SSSR count). The number of benzene rings is 1. The Kier molecular flexibility index (Phi) is 7.44. The zero-order valence-corrected chi connectivity index (χ0v) is 18.8. The minimum Gasteiger partial charge on any atom is -0.465 e. The number of fused-ring (bicyclic) bond motifs is 1. The summed E-state index contributed by atoms with van der Waals surface area (Å²) in [6.45, 7) is 0.663. The van der Waals surface area contributed by atoms with Gasteiger partial charge in [0.05, 0.1) is 31.9 Å². The molecule has 0 bridgehead atoms. The normalized spacial score (nSPS) is 27.3. The van der Waals surface area contributed by atoms with Crippen molar-refractivity contribution in [3.05, 3.63) is 29.8 Å². The molecule has 4 atom stereocenters. The highest BCUT2D eigenvalue weighted by atomic mass is 32.1. The first-order valence-corrected chi connectivity index (χ1v) is 11.4. The van der Waals surface area contributed by atoms with Gasteiger partial charge in [-0.1, -0.05) is 25.3 Å². The number of nitrogens with one attached hydrogen (secondary N) is 3. The van der Waals surface area contributed by atoms with Crippen LogP contribution in [0.1, 0.15) is 42.5 Å². The summed E-state index contributed by atoms with van der Waals surface area (Å²) in [6.07, 6.45) is 4.03. The zero-order valence-electron chi connectivity index (χ0n) is 18.0. The van der Waals surface area contributed by atoms with E-state index in [1.54, 1.807) is 24.3 Å². The van der Waals surface area contributed by atoms with Crippen LogP contribution in [0.15, 0.2) is 24.3 Å². The van der Waals surface area contributed by atoms with Crippen LogP contribution in [-0.4, -0.2) is 67.9 Å². The zero-order chi connectivity index (χ0) is 22.5. The van der Waals surface area contributed by atoms with Gasteiger partial charge < -0.3 is 34.9 Å². The third-order valence-electron chi connectivity index (χ3n) is 6.05. The lowest BCUT2D eigenvalue weighted by Crippen LogP contribution is -2.46. The van der Waals surface area contributed by atoms with Crippen molar-refractivity contribution in [1.82, 2.24) is 10.6 Å². The molecule has 10 heteroatoms. The summed E-state index contributed by atoms with van der Waals surface area (Å²) in [6, 6.07) is 6.88. The summed E-state index contributed by atoms with van der Waals surface area (Å²) in [4.78, 5) is 24.0. The Labute approximate surface area is 192 Å². The molecule has 1 amide bonds. The summed E-state index contributed by atoms with van der Waals surface area (Å²) in [5, 5.41) is 9.60. The largest absolute Gasteiger partial charge is 0.465 e. The van der Waals surface area contributed by atoms with Gasteiger partial charge in [0.15, 0.2) is 11.2 Å². The fourth-order valence-electron chi connectivity index (χ4n) is 4.45. The molecule has 1 aromatic carbocycles. The quantitative estimate of drug-likeness (QED) is 0.448. The van der Waals surface area contributed by atoms with Crippen LogP contribution < -0.4 is 16.0 Å². The SMILES string of the molecule is COC(=O)c1cccc(NC(=S)NC2COC3C(OC(=O)NC4CCCCC4)COC23)c1. The Bertz CT molecular complexity index is 847. The van der Waals surface area contributed by atoms with E-state index >= 15 is 0 Å². The van der Waals surface area contributed by atoms with Crippen molar-refractivity contribution < 1.29 is 28.5 Å². The van der Waals surface area contributed by atoms with Crippen LogP contribution in [0, 0.1) is 0 Å². The van der Waals surface area contributed by atoms with Gasteiger partial charge in [-0.25, -0.2) is 9.59 Å². The van der Waals surface area contributed by atoms with Crippen LogP contribution >= 0.6 is 12.2 Å². The standard InChI is InChI=1S/C22H29N3O6S/c1-28-20(26)13-6-5-9-15(10-13)23-21(32)25-16-11-29-19-17(12-30-18(16)19)31-22(27)24-14-7-3-2-4-8-14/h5-6,9-10,14,16-19H,2-4,7-8,11-12H2,1H3,(H,24,27)(H2,23,25,32). The number of thiocarbonyl (C=S) groups is 1. The Hall–Kier alpha value is -2.43. The molecule has 0 radical (unpaired) electrons. The highest BCUT2D eigenvalue weighted by Gasteiger charge is 2.49. The van der Waals surface area contributed by atoms with Gasteiger partial charge in [-0.15, -0.1) is 0 Å². The fraction of sp³-hybridized carbons (Fsp3) is 0.591. The smallest absolute Gasteiger partial charge is 0.407 e. The molecule has 2 aliphatic heterocycles.